The summed E-state index contributed by atoms with van der Waals surface area (Å²) in [6.45, 7) is 2.55. The van der Waals surface area contributed by atoms with Crippen LogP contribution in [0, 0.1) is 0 Å². The van der Waals surface area contributed by atoms with E-state index >= 15 is 0 Å². The van der Waals surface area contributed by atoms with Gasteiger partial charge < -0.3 is 34.3 Å². The molecule has 4 aromatic rings. The van der Waals surface area contributed by atoms with Crippen LogP contribution < -0.4 is 14.2 Å². The van der Waals surface area contributed by atoms with E-state index in [4.69, 9.17) is 14.2 Å². The highest BCUT2D eigenvalue weighted by Crippen LogP contribution is 2.42. The summed E-state index contributed by atoms with van der Waals surface area (Å²) in [6.07, 6.45) is 2.31. The number of carbonyl (C=O) groups excluding carboxylic acids is 2. The summed E-state index contributed by atoms with van der Waals surface area (Å²) in [4.78, 5) is 31.5. The first-order chi connectivity index (χ1) is 19.4. The topological polar surface area (TPSA) is 121 Å². The molecule has 3 aromatic carbocycles. The molecule has 1 saturated heterocycles. The number of likely N-dealkylation sites (tertiary alicyclic amines) is 1. The Bertz CT molecular complexity index is 1600. The molecular weight excluding hydrogens is 512 g/mol. The molecule has 3 N–H and O–H groups in total. The Morgan fingerprint density at radius 1 is 0.975 bits per heavy atom. The third-order valence-electron chi connectivity index (χ3n) is 7.09. The normalized spacial score (nSPS) is 16.5. The summed E-state index contributed by atoms with van der Waals surface area (Å²) in [5, 5.41) is 22.5. The Balaban J connectivity index is 1.56. The summed E-state index contributed by atoms with van der Waals surface area (Å²) in [7, 11) is 3.02. The van der Waals surface area contributed by atoms with E-state index in [1.54, 1.807) is 43.5 Å². The van der Waals surface area contributed by atoms with Gasteiger partial charge in [0, 0.05) is 29.2 Å². The smallest absolute Gasteiger partial charge is 0.295 e. The Morgan fingerprint density at radius 2 is 1.73 bits per heavy atom. The molecule has 1 atom stereocenters. The molecule has 9 nitrogen and oxygen atoms in total. The maximum atomic E-state index is 13.4. The number of H-pyrrole nitrogens is 1. The zero-order chi connectivity index (χ0) is 28.4. The molecule has 1 amide bonds. The first-order valence-corrected chi connectivity index (χ1v) is 12.9. The van der Waals surface area contributed by atoms with Crippen LogP contribution in [0.5, 0.6) is 23.0 Å². The number of hydrogen-bond acceptors (Lipinski definition) is 7. The monoisotopic (exact) mass is 542 g/mol. The quantitative estimate of drug-likeness (QED) is 0.155. The Kier molecular flexibility index (Phi) is 7.37. The Hall–Kier alpha value is -4.92. The molecule has 1 fully saturated rings. The molecule has 5 rings (SSSR count). The van der Waals surface area contributed by atoms with Gasteiger partial charge in [-0.15, -0.1) is 0 Å². The number of rotatable bonds is 9. The van der Waals surface area contributed by atoms with Gasteiger partial charge >= 0.3 is 0 Å². The number of phenolic OH excluding ortho intramolecular Hbond substituents is 1. The summed E-state index contributed by atoms with van der Waals surface area (Å²) < 4.78 is 16.1. The van der Waals surface area contributed by atoms with Crippen LogP contribution in [0.25, 0.3) is 16.7 Å². The van der Waals surface area contributed by atoms with Crippen LogP contribution in [0.15, 0.2) is 72.4 Å². The molecular formula is C31H30N2O7. The van der Waals surface area contributed by atoms with E-state index in [1.807, 2.05) is 31.3 Å². The predicted octanol–water partition coefficient (Wildman–Crippen LogP) is 4.95. The first kappa shape index (κ1) is 26.7. The number of nitrogens with one attached hydrogen (secondary N) is 1. The van der Waals surface area contributed by atoms with Crippen LogP contribution in [0.1, 0.15) is 29.7 Å². The molecule has 206 valence electrons. The van der Waals surface area contributed by atoms with Crippen molar-refractivity contribution in [1.82, 2.24) is 9.88 Å². The van der Waals surface area contributed by atoms with Crippen molar-refractivity contribution < 1.29 is 34.0 Å². The fourth-order valence-corrected chi connectivity index (χ4v) is 5.08. The fourth-order valence-electron chi connectivity index (χ4n) is 5.08. The number of aromatic amines is 1. The minimum atomic E-state index is -0.902. The Morgan fingerprint density at radius 3 is 2.42 bits per heavy atom. The second kappa shape index (κ2) is 11.1. The number of aromatic nitrogens is 1. The zero-order valence-electron chi connectivity index (χ0n) is 22.4. The van der Waals surface area contributed by atoms with Crippen molar-refractivity contribution in [2.45, 2.75) is 19.4 Å². The highest BCUT2D eigenvalue weighted by atomic mass is 16.5. The van der Waals surface area contributed by atoms with Crippen LogP contribution in [0.4, 0.5) is 0 Å². The number of aromatic hydroxyl groups is 1. The predicted molar refractivity (Wildman–Crippen MR) is 150 cm³/mol. The maximum absolute atomic E-state index is 13.4. The minimum absolute atomic E-state index is 0.0394. The van der Waals surface area contributed by atoms with Gasteiger partial charge in [0.2, 0.25) is 0 Å². The lowest BCUT2D eigenvalue weighted by atomic mass is 9.94. The molecule has 1 aliphatic heterocycles. The number of ketones is 1. The van der Waals surface area contributed by atoms with Gasteiger partial charge in [0.25, 0.3) is 11.7 Å². The second-order valence-corrected chi connectivity index (χ2v) is 9.36. The average molecular weight is 543 g/mol. The molecule has 9 heteroatoms. The third-order valence-corrected chi connectivity index (χ3v) is 7.09. The minimum Gasteiger partial charge on any atom is -0.507 e. The summed E-state index contributed by atoms with van der Waals surface area (Å²) >= 11 is 0. The number of fused-ring (bicyclic) bond motifs is 1. The van der Waals surface area contributed by atoms with E-state index in [-0.39, 0.29) is 29.4 Å². The number of hydrogen-bond donors (Lipinski definition) is 3. The lowest BCUT2D eigenvalue weighted by Crippen LogP contribution is -2.31. The van der Waals surface area contributed by atoms with E-state index in [0.29, 0.717) is 35.7 Å². The van der Waals surface area contributed by atoms with Crippen LogP contribution in [-0.4, -0.2) is 59.2 Å². The number of aliphatic hydroxyl groups excluding tert-OH is 1. The fraction of sp³-hybridized carbons (Fsp3) is 0.226. The molecule has 40 heavy (non-hydrogen) atoms. The molecule has 2 heterocycles. The van der Waals surface area contributed by atoms with Crippen LogP contribution in [0.2, 0.25) is 0 Å². The van der Waals surface area contributed by atoms with Gasteiger partial charge in [-0.1, -0.05) is 6.07 Å². The van der Waals surface area contributed by atoms with Gasteiger partial charge in [-0.3, -0.25) is 9.59 Å². The summed E-state index contributed by atoms with van der Waals surface area (Å²) in [6, 6.07) is 16.1. The van der Waals surface area contributed by atoms with Crippen LogP contribution in [0.3, 0.4) is 0 Å². The molecule has 1 aliphatic rings. The molecule has 0 saturated carbocycles. The standard InChI is InChI=1S/C31H30N2O7/c1-4-40-21-8-5-18(6-9-21)29(35)27-28(19-7-12-25(34)26(15-19)39-3)33(31(37)30(27)36)14-13-20-17-32-24-11-10-22(38-2)16-23(20)24/h5-12,15-17,28,32,34-35H,4,13-14H2,1-3H3/t28-/m0/s1. The maximum Gasteiger partial charge on any atom is 0.295 e. The molecule has 0 radical (unpaired) electrons. The second-order valence-electron chi connectivity index (χ2n) is 9.36. The van der Waals surface area contributed by atoms with E-state index < -0.39 is 17.7 Å². The van der Waals surface area contributed by atoms with Crippen molar-refractivity contribution in [3.8, 4) is 23.0 Å². The lowest BCUT2D eigenvalue weighted by Gasteiger charge is -2.26. The van der Waals surface area contributed by atoms with E-state index in [0.717, 1.165) is 16.5 Å². The van der Waals surface area contributed by atoms with Crippen molar-refractivity contribution in [3.05, 3.63) is 89.1 Å². The summed E-state index contributed by atoms with van der Waals surface area (Å²) in [5.74, 6) is -0.367. The average Bonchev–Trinajstić information content (AvgIpc) is 3.49. The molecule has 0 bridgehead atoms. The number of amides is 1. The van der Waals surface area contributed by atoms with E-state index in [9.17, 15) is 19.8 Å². The summed E-state index contributed by atoms with van der Waals surface area (Å²) in [5.41, 5.74) is 2.72. The van der Waals surface area contributed by atoms with Crippen molar-refractivity contribution >= 4 is 28.4 Å². The van der Waals surface area contributed by atoms with Crippen molar-refractivity contribution in [2.75, 3.05) is 27.4 Å². The SMILES string of the molecule is CCOc1ccc(C(O)=C2C(=O)C(=O)N(CCc3c[nH]c4ccc(OC)cc34)[C@H]2c2ccc(O)c(OC)c2)cc1. The number of aliphatic hydroxyl groups is 1. The highest BCUT2D eigenvalue weighted by Gasteiger charge is 2.46. The van der Waals surface area contributed by atoms with Gasteiger partial charge in [0.1, 0.15) is 17.3 Å². The van der Waals surface area contributed by atoms with Crippen LogP contribution >= 0.6 is 0 Å². The highest BCUT2D eigenvalue weighted by molar-refractivity contribution is 6.46. The zero-order valence-corrected chi connectivity index (χ0v) is 22.4. The van der Waals surface area contributed by atoms with Gasteiger partial charge in [-0.05, 0) is 79.1 Å². The van der Waals surface area contributed by atoms with Crippen molar-refractivity contribution in [3.63, 3.8) is 0 Å². The number of carbonyl (C=O) groups is 2. The van der Waals surface area contributed by atoms with Crippen LogP contribution in [-0.2, 0) is 16.0 Å². The van der Waals surface area contributed by atoms with Gasteiger partial charge in [-0.2, -0.15) is 0 Å². The molecule has 0 spiro atoms. The first-order valence-electron chi connectivity index (χ1n) is 12.9. The molecule has 1 aromatic heterocycles. The largest absolute Gasteiger partial charge is 0.507 e. The molecule has 0 unspecified atom stereocenters. The van der Waals surface area contributed by atoms with Gasteiger partial charge in [0.15, 0.2) is 11.5 Å². The van der Waals surface area contributed by atoms with E-state index in [1.165, 1.54) is 18.1 Å². The number of phenols is 1. The number of nitrogens with zero attached hydrogens (tertiary/aromatic N) is 1. The lowest BCUT2D eigenvalue weighted by molar-refractivity contribution is -0.139. The number of methoxy groups -OCH3 is 2. The van der Waals surface area contributed by atoms with Gasteiger partial charge in [-0.25, -0.2) is 0 Å². The van der Waals surface area contributed by atoms with Crippen molar-refractivity contribution in [1.29, 1.82) is 0 Å². The Labute approximate surface area is 231 Å². The molecule has 0 aliphatic carbocycles. The number of benzene rings is 3. The van der Waals surface area contributed by atoms with Gasteiger partial charge in [0.05, 0.1) is 32.4 Å². The third kappa shape index (κ3) is 4.82. The number of Topliss-reactive ketones (excluding diaryl/α,β-unsaturated/α-hetero) is 1. The number of ether oxygens (including phenoxy) is 3. The van der Waals surface area contributed by atoms with E-state index in [2.05, 4.69) is 4.98 Å². The van der Waals surface area contributed by atoms with Crippen molar-refractivity contribution in [2.24, 2.45) is 0 Å².